The molecule has 0 aliphatic heterocycles. The molecule has 0 fully saturated rings. The molecule has 0 N–H and O–H groups in total. The number of rotatable bonds is 11. The Bertz CT molecular complexity index is 754. The van der Waals surface area contributed by atoms with E-state index >= 15 is 0 Å². The zero-order chi connectivity index (χ0) is 20.4. The summed E-state index contributed by atoms with van der Waals surface area (Å²) in [5.74, 6) is 2.15. The number of hydrogen-bond acceptors (Lipinski definition) is 5. The first-order valence-electron chi connectivity index (χ1n) is 9.60. The van der Waals surface area contributed by atoms with Crippen LogP contribution in [0.3, 0.4) is 0 Å². The average molecular weight is 386 g/mol. The monoisotopic (exact) mass is 386 g/mol. The van der Waals surface area contributed by atoms with E-state index in [4.69, 9.17) is 18.9 Å². The zero-order valence-corrected chi connectivity index (χ0v) is 17.2. The van der Waals surface area contributed by atoms with Gasteiger partial charge in [0.25, 0.3) is 0 Å². The first-order valence-corrected chi connectivity index (χ1v) is 9.60. The molecule has 0 aliphatic rings. The van der Waals surface area contributed by atoms with Gasteiger partial charge in [-0.3, -0.25) is 0 Å². The minimum Gasteiger partial charge on any atom is -0.493 e. The molecule has 0 unspecified atom stereocenters. The van der Waals surface area contributed by atoms with Gasteiger partial charge >= 0.3 is 5.97 Å². The number of benzene rings is 2. The molecule has 0 saturated carbocycles. The first-order chi connectivity index (χ1) is 13.5. The highest BCUT2D eigenvalue weighted by atomic mass is 16.6. The van der Waals surface area contributed by atoms with E-state index in [1.807, 2.05) is 44.2 Å². The second kappa shape index (κ2) is 11.2. The van der Waals surface area contributed by atoms with Crippen LogP contribution < -0.4 is 14.2 Å². The van der Waals surface area contributed by atoms with Crippen molar-refractivity contribution in [3.8, 4) is 17.2 Å². The minimum atomic E-state index is -0.340. The topological polar surface area (TPSA) is 54.0 Å². The quantitative estimate of drug-likeness (QED) is 0.534. The van der Waals surface area contributed by atoms with Gasteiger partial charge in [0.2, 0.25) is 0 Å². The van der Waals surface area contributed by atoms with E-state index in [1.54, 1.807) is 14.2 Å². The largest absolute Gasteiger partial charge is 0.493 e. The van der Waals surface area contributed by atoms with E-state index in [0.29, 0.717) is 18.3 Å². The molecule has 5 nitrogen and oxygen atoms in total. The van der Waals surface area contributed by atoms with Gasteiger partial charge in [-0.2, -0.15) is 0 Å². The van der Waals surface area contributed by atoms with E-state index in [-0.39, 0.29) is 12.6 Å². The Labute approximate surface area is 167 Å². The number of hydrogen-bond donors (Lipinski definition) is 0. The number of carbonyl (C=O) groups excluding carboxylic acids is 1. The smallest absolute Gasteiger partial charge is 0.344 e. The standard InChI is InChI=1S/C23H30O5/c1-17(2)15-28-23(24)16-27-20-10-6-9-18(13-20)7-5-8-19-11-12-21(25-3)22(14-19)26-4/h6,9-14,17H,5,7-8,15-16H2,1-4H3. The molecule has 0 bridgehead atoms. The molecule has 0 aliphatic carbocycles. The molecule has 0 aromatic heterocycles. The number of ether oxygens (including phenoxy) is 4. The van der Waals surface area contributed by atoms with Crippen molar-refractivity contribution < 1.29 is 23.7 Å². The van der Waals surface area contributed by atoms with Gasteiger partial charge in [-0.25, -0.2) is 4.79 Å². The van der Waals surface area contributed by atoms with Crippen molar-refractivity contribution in [3.63, 3.8) is 0 Å². The fourth-order valence-electron chi connectivity index (χ4n) is 2.77. The van der Waals surface area contributed by atoms with Crippen molar-refractivity contribution in [3.05, 3.63) is 53.6 Å². The zero-order valence-electron chi connectivity index (χ0n) is 17.2. The Morgan fingerprint density at radius 1 is 0.929 bits per heavy atom. The summed E-state index contributed by atoms with van der Waals surface area (Å²) in [6.07, 6.45) is 2.85. The Morgan fingerprint density at radius 2 is 1.64 bits per heavy atom. The van der Waals surface area contributed by atoms with Crippen LogP contribution in [0.4, 0.5) is 0 Å². The number of aryl methyl sites for hydroxylation is 2. The van der Waals surface area contributed by atoms with Gasteiger partial charge in [0, 0.05) is 0 Å². The maximum atomic E-state index is 11.7. The average Bonchev–Trinajstić information content (AvgIpc) is 2.70. The molecule has 28 heavy (non-hydrogen) atoms. The van der Waals surface area contributed by atoms with E-state index in [9.17, 15) is 4.79 Å². The van der Waals surface area contributed by atoms with E-state index in [1.165, 1.54) is 11.1 Å². The molecule has 0 spiro atoms. The highest BCUT2D eigenvalue weighted by Gasteiger charge is 2.07. The van der Waals surface area contributed by atoms with Crippen LogP contribution in [0.2, 0.25) is 0 Å². The number of carbonyl (C=O) groups is 1. The third kappa shape index (κ3) is 7.14. The molecule has 0 radical (unpaired) electrons. The summed E-state index contributed by atoms with van der Waals surface area (Å²) in [7, 11) is 3.28. The molecule has 2 aromatic carbocycles. The molecular weight excluding hydrogens is 356 g/mol. The molecule has 0 saturated heterocycles. The summed E-state index contributed by atoms with van der Waals surface area (Å²) in [6.45, 7) is 4.35. The molecule has 0 amide bonds. The first kappa shape index (κ1) is 21.6. The van der Waals surface area contributed by atoms with Crippen LogP contribution in [-0.2, 0) is 22.4 Å². The highest BCUT2D eigenvalue weighted by Crippen LogP contribution is 2.28. The summed E-state index contributed by atoms with van der Waals surface area (Å²) >= 11 is 0. The summed E-state index contributed by atoms with van der Waals surface area (Å²) in [4.78, 5) is 11.7. The SMILES string of the molecule is COc1ccc(CCCc2cccc(OCC(=O)OCC(C)C)c2)cc1OC. The van der Waals surface area contributed by atoms with Crippen molar-refractivity contribution in [1.82, 2.24) is 0 Å². The molecule has 0 heterocycles. The van der Waals surface area contributed by atoms with Crippen LogP contribution in [-0.4, -0.2) is 33.4 Å². The fraction of sp³-hybridized carbons (Fsp3) is 0.435. The normalized spacial score (nSPS) is 10.6. The molecule has 152 valence electrons. The Balaban J connectivity index is 1.82. The third-order valence-electron chi connectivity index (χ3n) is 4.21. The van der Waals surface area contributed by atoms with Crippen LogP contribution in [0.1, 0.15) is 31.4 Å². The Morgan fingerprint density at radius 3 is 2.32 bits per heavy atom. The molecule has 2 aromatic rings. The van der Waals surface area contributed by atoms with Gasteiger partial charge in [-0.15, -0.1) is 0 Å². The van der Waals surface area contributed by atoms with Crippen LogP contribution >= 0.6 is 0 Å². The van der Waals surface area contributed by atoms with E-state index < -0.39 is 0 Å². The third-order valence-corrected chi connectivity index (χ3v) is 4.21. The van der Waals surface area contributed by atoms with Crippen molar-refractivity contribution in [2.24, 2.45) is 5.92 Å². The van der Waals surface area contributed by atoms with Crippen molar-refractivity contribution >= 4 is 5.97 Å². The maximum absolute atomic E-state index is 11.7. The highest BCUT2D eigenvalue weighted by molar-refractivity contribution is 5.71. The molecule has 5 heteroatoms. The van der Waals surface area contributed by atoms with E-state index in [2.05, 4.69) is 12.1 Å². The lowest BCUT2D eigenvalue weighted by atomic mass is 10.0. The van der Waals surface area contributed by atoms with Crippen molar-refractivity contribution in [1.29, 1.82) is 0 Å². The second-order valence-electron chi connectivity index (χ2n) is 7.06. The summed E-state index contributed by atoms with van der Waals surface area (Å²) in [5, 5.41) is 0. The van der Waals surface area contributed by atoms with Gasteiger partial charge in [0.1, 0.15) is 5.75 Å². The predicted octanol–water partition coefficient (Wildman–Crippen LogP) is 4.46. The van der Waals surface area contributed by atoms with Gasteiger partial charge in [-0.1, -0.05) is 32.0 Å². The van der Waals surface area contributed by atoms with Crippen LogP contribution in [0.15, 0.2) is 42.5 Å². The molecule has 2 rings (SSSR count). The molecule has 0 atom stereocenters. The van der Waals surface area contributed by atoms with Crippen LogP contribution in [0.25, 0.3) is 0 Å². The lowest BCUT2D eigenvalue weighted by Gasteiger charge is -2.10. The van der Waals surface area contributed by atoms with Crippen LogP contribution in [0.5, 0.6) is 17.2 Å². The van der Waals surface area contributed by atoms with Gasteiger partial charge in [0.05, 0.1) is 20.8 Å². The maximum Gasteiger partial charge on any atom is 0.344 e. The van der Waals surface area contributed by atoms with E-state index in [0.717, 1.165) is 30.8 Å². The summed E-state index contributed by atoms with van der Waals surface area (Å²) < 4.78 is 21.3. The lowest BCUT2D eigenvalue weighted by molar-refractivity contribution is -0.147. The van der Waals surface area contributed by atoms with Crippen molar-refractivity contribution in [2.45, 2.75) is 33.1 Å². The lowest BCUT2D eigenvalue weighted by Crippen LogP contribution is -2.17. The molecular formula is C23H30O5. The Kier molecular flexibility index (Phi) is 8.66. The minimum absolute atomic E-state index is 0.0676. The summed E-state index contributed by atoms with van der Waals surface area (Å²) in [6, 6.07) is 13.8. The Hall–Kier alpha value is -2.69. The fourth-order valence-corrected chi connectivity index (χ4v) is 2.77. The van der Waals surface area contributed by atoms with Gasteiger partial charge < -0.3 is 18.9 Å². The van der Waals surface area contributed by atoms with Gasteiger partial charge in [-0.05, 0) is 60.6 Å². The van der Waals surface area contributed by atoms with Crippen molar-refractivity contribution in [2.75, 3.05) is 27.4 Å². The predicted molar refractivity (Wildman–Crippen MR) is 109 cm³/mol. The summed E-state index contributed by atoms with van der Waals surface area (Å²) in [5.41, 5.74) is 2.38. The van der Waals surface area contributed by atoms with Gasteiger partial charge in [0.15, 0.2) is 18.1 Å². The number of esters is 1. The number of methoxy groups -OCH3 is 2. The van der Waals surface area contributed by atoms with Crippen LogP contribution in [0, 0.1) is 5.92 Å². The second-order valence-corrected chi connectivity index (χ2v) is 7.06.